The van der Waals surface area contributed by atoms with Gasteiger partial charge in [0.2, 0.25) is 0 Å². The molecule has 1 aliphatic heterocycles. The highest BCUT2D eigenvalue weighted by molar-refractivity contribution is 7.99. The Kier molecular flexibility index (Phi) is 4.14. The molecule has 4 nitrogen and oxygen atoms in total. The highest BCUT2D eigenvalue weighted by Gasteiger charge is 2.39. The van der Waals surface area contributed by atoms with Gasteiger partial charge in [-0.2, -0.15) is 11.8 Å². The monoisotopic (exact) mass is 278 g/mol. The quantitative estimate of drug-likeness (QED) is 0.510. The molecule has 2 amide bonds. The fourth-order valence-electron chi connectivity index (χ4n) is 2.26. The summed E-state index contributed by atoms with van der Waals surface area (Å²) < 4.78 is 0. The van der Waals surface area contributed by atoms with Gasteiger partial charge >= 0.3 is 0 Å². The van der Waals surface area contributed by atoms with Gasteiger partial charge in [0.15, 0.2) is 0 Å². The summed E-state index contributed by atoms with van der Waals surface area (Å²) in [7, 11) is 0. The molecule has 0 radical (unpaired) electrons. The third-order valence-electron chi connectivity index (χ3n) is 3.30. The first-order chi connectivity index (χ1) is 9.07. The number of benzene rings is 1. The molecule has 0 saturated carbocycles. The molecule has 1 aromatic carbocycles. The number of anilines is 1. The Morgan fingerprint density at radius 2 is 2.05 bits per heavy atom. The largest absolute Gasteiger partial charge is 0.398 e. The highest BCUT2D eigenvalue weighted by Crippen LogP contribution is 2.29. The molecule has 1 unspecified atom stereocenters. The average molecular weight is 278 g/mol. The van der Waals surface area contributed by atoms with Crippen LogP contribution in [0.3, 0.4) is 0 Å². The van der Waals surface area contributed by atoms with Crippen LogP contribution in [-0.4, -0.2) is 34.3 Å². The van der Waals surface area contributed by atoms with Crippen molar-refractivity contribution in [3.8, 4) is 0 Å². The predicted octanol–water partition coefficient (Wildman–Crippen LogP) is 2.40. The van der Waals surface area contributed by atoms with Crippen LogP contribution in [0, 0.1) is 0 Å². The number of amides is 2. The van der Waals surface area contributed by atoms with Gasteiger partial charge in [-0.3, -0.25) is 14.5 Å². The van der Waals surface area contributed by atoms with E-state index < -0.39 is 0 Å². The summed E-state index contributed by atoms with van der Waals surface area (Å²) in [5, 5.41) is 0. The van der Waals surface area contributed by atoms with Gasteiger partial charge in [0, 0.05) is 11.7 Å². The molecule has 0 bridgehead atoms. The molecule has 1 heterocycles. The van der Waals surface area contributed by atoms with Crippen molar-refractivity contribution in [2.75, 3.05) is 17.2 Å². The van der Waals surface area contributed by atoms with Crippen molar-refractivity contribution in [2.45, 2.75) is 26.3 Å². The number of carbonyl (C=O) groups is 2. The third-order valence-corrected chi connectivity index (χ3v) is 4.24. The number of thioether (sulfide) groups is 1. The Labute approximate surface area is 117 Å². The van der Waals surface area contributed by atoms with Crippen LogP contribution in [0.4, 0.5) is 5.69 Å². The van der Waals surface area contributed by atoms with Crippen molar-refractivity contribution in [3.05, 3.63) is 29.3 Å². The fourth-order valence-corrected chi connectivity index (χ4v) is 3.05. The standard InChI is InChI=1S/C14H18N2O2S/c1-3-19-8-7-9(2)16-13(17)10-5-4-6-11(15)12(10)14(16)18/h4-6,9H,3,7-8,15H2,1-2H3. The molecule has 5 heteroatoms. The number of nitrogens with two attached hydrogens (primary N) is 1. The van der Waals surface area contributed by atoms with Gasteiger partial charge in [-0.25, -0.2) is 0 Å². The summed E-state index contributed by atoms with van der Waals surface area (Å²) in [5.41, 5.74) is 6.98. The summed E-state index contributed by atoms with van der Waals surface area (Å²) in [5.74, 6) is 1.51. The zero-order valence-corrected chi connectivity index (χ0v) is 12.0. The van der Waals surface area contributed by atoms with E-state index in [0.29, 0.717) is 16.8 Å². The molecule has 2 rings (SSSR count). The second-order valence-electron chi connectivity index (χ2n) is 4.58. The van der Waals surface area contributed by atoms with Gasteiger partial charge in [0.25, 0.3) is 11.8 Å². The minimum Gasteiger partial charge on any atom is -0.398 e. The second kappa shape index (κ2) is 5.65. The van der Waals surface area contributed by atoms with E-state index in [0.717, 1.165) is 17.9 Å². The summed E-state index contributed by atoms with van der Waals surface area (Å²) in [6.45, 7) is 4.01. The van der Waals surface area contributed by atoms with Crippen LogP contribution in [-0.2, 0) is 0 Å². The number of hydrogen-bond donors (Lipinski definition) is 1. The molecule has 1 atom stereocenters. The number of rotatable bonds is 5. The lowest BCUT2D eigenvalue weighted by Gasteiger charge is -2.22. The number of hydrogen-bond acceptors (Lipinski definition) is 4. The molecule has 0 aromatic heterocycles. The maximum absolute atomic E-state index is 12.3. The molecule has 19 heavy (non-hydrogen) atoms. The Morgan fingerprint density at radius 1 is 1.32 bits per heavy atom. The Hall–Kier alpha value is -1.49. The van der Waals surface area contributed by atoms with E-state index in [4.69, 9.17) is 5.73 Å². The lowest BCUT2D eigenvalue weighted by molar-refractivity contribution is 0.0595. The minimum atomic E-state index is -0.257. The van der Waals surface area contributed by atoms with E-state index in [1.165, 1.54) is 4.90 Å². The molecule has 0 aliphatic carbocycles. The lowest BCUT2D eigenvalue weighted by Crippen LogP contribution is -2.38. The van der Waals surface area contributed by atoms with Crippen molar-refractivity contribution < 1.29 is 9.59 Å². The predicted molar refractivity (Wildman–Crippen MR) is 78.4 cm³/mol. The molecule has 102 valence electrons. The maximum atomic E-state index is 12.3. The second-order valence-corrected chi connectivity index (χ2v) is 5.98. The molecule has 0 spiro atoms. The fraction of sp³-hybridized carbons (Fsp3) is 0.429. The first kappa shape index (κ1) is 13.9. The lowest BCUT2D eigenvalue weighted by atomic mass is 10.1. The summed E-state index contributed by atoms with van der Waals surface area (Å²) >= 11 is 1.81. The van der Waals surface area contributed by atoms with Crippen LogP contribution in [0.2, 0.25) is 0 Å². The van der Waals surface area contributed by atoms with Crippen molar-refractivity contribution >= 4 is 29.3 Å². The van der Waals surface area contributed by atoms with Gasteiger partial charge in [-0.05, 0) is 37.0 Å². The van der Waals surface area contributed by atoms with Gasteiger partial charge in [-0.15, -0.1) is 0 Å². The molecule has 2 N–H and O–H groups in total. The summed E-state index contributed by atoms with van der Waals surface area (Å²) in [6, 6.07) is 4.94. The van der Waals surface area contributed by atoms with Crippen molar-refractivity contribution in [2.24, 2.45) is 0 Å². The Bertz CT molecular complexity index is 516. The third kappa shape index (κ3) is 2.47. The molecule has 1 aromatic rings. The summed E-state index contributed by atoms with van der Waals surface area (Å²) in [6.07, 6.45) is 0.809. The van der Waals surface area contributed by atoms with Crippen LogP contribution >= 0.6 is 11.8 Å². The number of imide groups is 1. The zero-order valence-electron chi connectivity index (χ0n) is 11.2. The first-order valence-corrected chi connectivity index (χ1v) is 7.57. The molecule has 0 fully saturated rings. The number of nitrogen functional groups attached to an aromatic ring is 1. The van der Waals surface area contributed by atoms with E-state index in [-0.39, 0.29) is 17.9 Å². The maximum Gasteiger partial charge on any atom is 0.263 e. The topological polar surface area (TPSA) is 63.4 Å². The normalized spacial score (nSPS) is 15.8. The van der Waals surface area contributed by atoms with Gasteiger partial charge in [-0.1, -0.05) is 13.0 Å². The number of fused-ring (bicyclic) bond motifs is 1. The van der Waals surface area contributed by atoms with Crippen LogP contribution < -0.4 is 5.73 Å². The minimum absolute atomic E-state index is 0.0918. The SMILES string of the molecule is CCSCCC(C)N1C(=O)c2cccc(N)c2C1=O. The number of carbonyl (C=O) groups excluding carboxylic acids is 2. The highest BCUT2D eigenvalue weighted by atomic mass is 32.2. The van der Waals surface area contributed by atoms with Crippen LogP contribution in [0.15, 0.2) is 18.2 Å². The van der Waals surface area contributed by atoms with Crippen LogP contribution in [0.25, 0.3) is 0 Å². The number of nitrogens with zero attached hydrogens (tertiary/aromatic N) is 1. The van der Waals surface area contributed by atoms with Crippen LogP contribution in [0.5, 0.6) is 0 Å². The van der Waals surface area contributed by atoms with Crippen molar-refractivity contribution in [1.82, 2.24) is 4.90 Å². The first-order valence-electron chi connectivity index (χ1n) is 6.42. The average Bonchev–Trinajstić information content (AvgIpc) is 2.63. The van der Waals surface area contributed by atoms with Gasteiger partial charge < -0.3 is 5.73 Å². The van der Waals surface area contributed by atoms with Crippen molar-refractivity contribution in [3.63, 3.8) is 0 Å². The molecular formula is C14H18N2O2S. The van der Waals surface area contributed by atoms with E-state index >= 15 is 0 Å². The Morgan fingerprint density at radius 3 is 2.68 bits per heavy atom. The van der Waals surface area contributed by atoms with E-state index in [2.05, 4.69) is 6.92 Å². The van der Waals surface area contributed by atoms with Crippen LogP contribution in [0.1, 0.15) is 41.0 Å². The van der Waals surface area contributed by atoms with E-state index in [9.17, 15) is 9.59 Å². The summed E-state index contributed by atoms with van der Waals surface area (Å²) in [4.78, 5) is 25.9. The van der Waals surface area contributed by atoms with E-state index in [1.54, 1.807) is 18.2 Å². The molecule has 1 aliphatic rings. The smallest absolute Gasteiger partial charge is 0.263 e. The molecule has 0 saturated heterocycles. The van der Waals surface area contributed by atoms with Gasteiger partial charge in [0.05, 0.1) is 11.1 Å². The zero-order chi connectivity index (χ0) is 14.0. The van der Waals surface area contributed by atoms with Gasteiger partial charge in [0.1, 0.15) is 0 Å². The Balaban J connectivity index is 2.20. The molecular weight excluding hydrogens is 260 g/mol. The van der Waals surface area contributed by atoms with E-state index in [1.807, 2.05) is 18.7 Å². The van der Waals surface area contributed by atoms with Crippen molar-refractivity contribution in [1.29, 1.82) is 0 Å².